The summed E-state index contributed by atoms with van der Waals surface area (Å²) in [7, 11) is 0. The van der Waals surface area contributed by atoms with E-state index in [4.69, 9.17) is 4.74 Å². The average Bonchev–Trinajstić information content (AvgIpc) is 2.65. The van der Waals surface area contributed by atoms with Crippen LogP contribution in [-0.4, -0.2) is 51.8 Å². The maximum absolute atomic E-state index is 15.4. The maximum atomic E-state index is 15.4. The molecule has 0 spiro atoms. The molecule has 11 heteroatoms. The lowest BCUT2D eigenvalue weighted by atomic mass is 10.0. The highest BCUT2D eigenvalue weighted by atomic mass is 32.2. The van der Waals surface area contributed by atoms with Crippen LogP contribution in [0.25, 0.3) is 10.9 Å². The lowest BCUT2D eigenvalue weighted by molar-refractivity contribution is -0.385. The Bertz CT molecular complexity index is 1080. The number of nitrogens with zero attached hydrogens (tertiary/aromatic N) is 3. The van der Waals surface area contributed by atoms with Gasteiger partial charge in [0.25, 0.3) is 0 Å². The average molecular weight is 409 g/mol. The van der Waals surface area contributed by atoms with E-state index in [2.05, 4.69) is 0 Å². The van der Waals surface area contributed by atoms with E-state index >= 15 is 4.39 Å². The summed E-state index contributed by atoms with van der Waals surface area (Å²) < 4.78 is 22.6. The first-order valence-corrected chi connectivity index (χ1v) is 9.75. The van der Waals surface area contributed by atoms with Crippen molar-refractivity contribution in [1.29, 1.82) is 0 Å². The van der Waals surface area contributed by atoms with Gasteiger partial charge in [-0.3, -0.25) is 14.9 Å². The van der Waals surface area contributed by atoms with Gasteiger partial charge in [0.2, 0.25) is 11.2 Å². The topological polar surface area (TPSA) is 115 Å². The minimum absolute atomic E-state index is 0.0392. The summed E-state index contributed by atoms with van der Waals surface area (Å²) in [5.41, 5.74) is -2.72. The van der Waals surface area contributed by atoms with Crippen molar-refractivity contribution in [3.63, 3.8) is 0 Å². The Morgan fingerprint density at radius 2 is 2.11 bits per heavy atom. The Hall–Kier alpha value is -2.82. The van der Waals surface area contributed by atoms with Crippen molar-refractivity contribution in [3.05, 3.63) is 37.9 Å². The molecule has 0 bridgehead atoms. The van der Waals surface area contributed by atoms with Gasteiger partial charge >= 0.3 is 11.7 Å². The molecule has 28 heavy (non-hydrogen) atoms. The molecule has 1 fully saturated rings. The van der Waals surface area contributed by atoms with Gasteiger partial charge in [-0.05, 0) is 6.92 Å². The number of pyridine rings is 1. The summed E-state index contributed by atoms with van der Waals surface area (Å²) >= 11 is 1.69. The molecule has 1 saturated heterocycles. The van der Waals surface area contributed by atoms with Gasteiger partial charge in [-0.25, -0.2) is 4.79 Å². The SMILES string of the molecule is CC1COc2c(N3CCSCC3)c(F)c([N+](=O)[O-])c3c(=O)c(C(=O)O)cn1c23. The molecule has 0 aliphatic carbocycles. The minimum atomic E-state index is -1.53. The van der Waals surface area contributed by atoms with E-state index in [0.717, 1.165) is 17.7 Å². The standard InChI is InChI=1S/C17H16FN3O6S/c1-8-7-27-16-13-10(15(22)9(17(23)24)6-20(8)13)12(21(25)26)11(18)14(16)19-2-4-28-5-3-19/h6,8H,2-5,7H2,1H3,(H,23,24). The number of hydrogen-bond acceptors (Lipinski definition) is 7. The van der Waals surface area contributed by atoms with E-state index < -0.39 is 38.8 Å². The number of rotatable bonds is 3. The third-order valence-electron chi connectivity index (χ3n) is 5.00. The monoisotopic (exact) mass is 409 g/mol. The van der Waals surface area contributed by atoms with E-state index in [9.17, 15) is 24.8 Å². The van der Waals surface area contributed by atoms with Gasteiger partial charge in [0, 0.05) is 30.8 Å². The van der Waals surface area contributed by atoms with Crippen LogP contribution in [0.5, 0.6) is 5.75 Å². The molecule has 1 aromatic carbocycles. The van der Waals surface area contributed by atoms with Crippen LogP contribution in [0.4, 0.5) is 15.8 Å². The van der Waals surface area contributed by atoms with Crippen LogP contribution in [0.2, 0.25) is 0 Å². The van der Waals surface area contributed by atoms with Crippen molar-refractivity contribution in [2.24, 2.45) is 0 Å². The Kier molecular flexibility index (Phi) is 4.41. The fourth-order valence-electron chi connectivity index (χ4n) is 3.68. The van der Waals surface area contributed by atoms with Crippen LogP contribution in [0.3, 0.4) is 0 Å². The molecule has 1 unspecified atom stereocenters. The van der Waals surface area contributed by atoms with Gasteiger partial charge in [0.1, 0.15) is 28.8 Å². The molecule has 1 atom stereocenters. The van der Waals surface area contributed by atoms with Crippen LogP contribution in [0, 0.1) is 15.9 Å². The number of nitro groups is 1. The molecule has 0 saturated carbocycles. The molecule has 9 nitrogen and oxygen atoms in total. The summed E-state index contributed by atoms with van der Waals surface area (Å²) in [4.78, 5) is 36.7. The van der Waals surface area contributed by atoms with E-state index in [1.807, 2.05) is 0 Å². The van der Waals surface area contributed by atoms with Crippen LogP contribution in [0.1, 0.15) is 23.3 Å². The number of benzene rings is 1. The normalized spacial score (nSPS) is 18.8. The second-order valence-corrected chi connectivity index (χ2v) is 7.89. The van der Waals surface area contributed by atoms with E-state index in [1.54, 1.807) is 23.6 Å². The van der Waals surface area contributed by atoms with Crippen LogP contribution >= 0.6 is 11.8 Å². The van der Waals surface area contributed by atoms with Crippen molar-refractivity contribution >= 4 is 40.0 Å². The number of carboxylic acid groups (broad SMARTS) is 1. The number of carbonyl (C=O) groups is 1. The largest absolute Gasteiger partial charge is 0.487 e. The zero-order chi connectivity index (χ0) is 20.2. The third-order valence-corrected chi connectivity index (χ3v) is 5.94. The van der Waals surface area contributed by atoms with Gasteiger partial charge in [-0.2, -0.15) is 16.2 Å². The molecular formula is C17H16FN3O6S. The minimum Gasteiger partial charge on any atom is -0.487 e. The molecule has 4 rings (SSSR count). The number of nitro benzene ring substituents is 1. The third kappa shape index (κ3) is 2.60. The smallest absolute Gasteiger partial charge is 0.341 e. The summed E-state index contributed by atoms with van der Waals surface area (Å²) in [5.74, 6) is -1.18. The predicted molar refractivity (Wildman–Crippen MR) is 102 cm³/mol. The number of halogens is 1. The maximum Gasteiger partial charge on any atom is 0.341 e. The molecule has 0 amide bonds. The Morgan fingerprint density at radius 3 is 2.71 bits per heavy atom. The molecule has 2 aliphatic heterocycles. The zero-order valence-electron chi connectivity index (χ0n) is 14.8. The quantitative estimate of drug-likeness (QED) is 0.606. The molecular weight excluding hydrogens is 393 g/mol. The van der Waals surface area contributed by atoms with Gasteiger partial charge < -0.3 is 19.3 Å². The number of thioether (sulfide) groups is 1. The molecule has 2 aromatic rings. The Labute approximate surface area is 161 Å². The number of anilines is 1. The summed E-state index contributed by atoms with van der Waals surface area (Å²) in [6.45, 7) is 2.81. The number of hydrogen-bond donors (Lipinski definition) is 1. The van der Waals surface area contributed by atoms with Gasteiger partial charge in [0.15, 0.2) is 5.75 Å². The first kappa shape index (κ1) is 18.5. The fourth-order valence-corrected chi connectivity index (χ4v) is 4.58. The van der Waals surface area contributed by atoms with Gasteiger partial charge in [0.05, 0.1) is 11.0 Å². The van der Waals surface area contributed by atoms with Crippen LogP contribution in [-0.2, 0) is 0 Å². The molecule has 148 valence electrons. The lowest BCUT2D eigenvalue weighted by Gasteiger charge is -2.34. The fraction of sp³-hybridized carbons (Fsp3) is 0.412. The van der Waals surface area contributed by atoms with Crippen molar-refractivity contribution < 1.29 is 24.0 Å². The molecule has 0 radical (unpaired) electrons. The predicted octanol–water partition coefficient (Wildman–Crippen LogP) is 2.25. The number of aromatic carboxylic acids is 1. The number of ether oxygens (including phenoxy) is 1. The van der Waals surface area contributed by atoms with E-state index in [-0.39, 0.29) is 29.6 Å². The van der Waals surface area contributed by atoms with Crippen LogP contribution in [0.15, 0.2) is 11.0 Å². The first-order chi connectivity index (χ1) is 13.3. The molecule has 3 heterocycles. The summed E-state index contributed by atoms with van der Waals surface area (Å²) in [6, 6.07) is -0.386. The van der Waals surface area contributed by atoms with Gasteiger partial charge in [-0.1, -0.05) is 0 Å². The zero-order valence-corrected chi connectivity index (χ0v) is 15.6. The van der Waals surface area contributed by atoms with E-state index in [1.165, 1.54) is 4.57 Å². The summed E-state index contributed by atoms with van der Waals surface area (Å²) in [6.07, 6.45) is 1.15. The molecule has 1 aromatic heterocycles. The highest BCUT2D eigenvalue weighted by Gasteiger charge is 2.38. The highest BCUT2D eigenvalue weighted by molar-refractivity contribution is 7.99. The second-order valence-electron chi connectivity index (χ2n) is 6.66. The van der Waals surface area contributed by atoms with E-state index in [0.29, 0.717) is 13.1 Å². The van der Waals surface area contributed by atoms with Gasteiger partial charge in [-0.15, -0.1) is 0 Å². The van der Waals surface area contributed by atoms with Crippen molar-refractivity contribution in [3.8, 4) is 5.75 Å². The first-order valence-electron chi connectivity index (χ1n) is 8.60. The Morgan fingerprint density at radius 1 is 1.43 bits per heavy atom. The lowest BCUT2D eigenvalue weighted by Crippen LogP contribution is -2.35. The highest BCUT2D eigenvalue weighted by Crippen LogP contribution is 2.46. The number of carboxylic acids is 1. The number of aromatic nitrogens is 1. The molecule has 1 N–H and O–H groups in total. The van der Waals surface area contributed by atoms with Crippen molar-refractivity contribution in [2.45, 2.75) is 13.0 Å². The summed E-state index contributed by atoms with van der Waals surface area (Å²) in [5, 5.41) is 20.5. The second kappa shape index (κ2) is 6.66. The molecule has 2 aliphatic rings. The van der Waals surface area contributed by atoms with Crippen molar-refractivity contribution in [1.82, 2.24) is 4.57 Å². The van der Waals surface area contributed by atoms with Crippen LogP contribution < -0.4 is 15.1 Å². The Balaban J connectivity index is 2.20. The van der Waals surface area contributed by atoms with Crippen molar-refractivity contribution in [2.75, 3.05) is 36.1 Å².